The van der Waals surface area contributed by atoms with Gasteiger partial charge in [0.15, 0.2) is 5.84 Å². The molecule has 0 aliphatic heterocycles. The van der Waals surface area contributed by atoms with Gasteiger partial charge < -0.3 is 26.3 Å². The maximum atomic E-state index is 9.63. The molecule has 70 heavy (non-hydrogen) atoms. The van der Waals surface area contributed by atoms with Crippen LogP contribution in [0.3, 0.4) is 0 Å². The third-order valence-electron chi connectivity index (χ3n) is 11.7. The van der Waals surface area contributed by atoms with Crippen molar-refractivity contribution < 1.29 is 20.5 Å². The van der Waals surface area contributed by atoms with E-state index >= 15 is 0 Å². The van der Waals surface area contributed by atoms with Gasteiger partial charge >= 0.3 is 0 Å². The SMILES string of the molecule is CCc1cc(/C(N)=N/O)c(-c2ccccc2)c(-c2ccc(O)cc2)c1.CCc1cc(C#N)c(-c2ccccc2)c(-c2ccc(O)cc2)c1.N#Cc1cc(Br)cc(-c2ccc(O)cc2)c1-c1ccccc1. The number of nitrogens with zero attached hydrogens (tertiary/aromatic N) is 3. The minimum absolute atomic E-state index is 0.0779. The summed E-state index contributed by atoms with van der Waals surface area (Å²) in [4.78, 5) is 0. The van der Waals surface area contributed by atoms with Crippen LogP contribution in [0.25, 0.3) is 66.8 Å². The van der Waals surface area contributed by atoms with Crippen LogP contribution < -0.4 is 5.73 Å². The summed E-state index contributed by atoms with van der Waals surface area (Å²) in [6, 6.07) is 67.5. The summed E-state index contributed by atoms with van der Waals surface area (Å²) in [6.07, 6.45) is 1.70. The van der Waals surface area contributed by atoms with E-state index in [-0.39, 0.29) is 23.1 Å². The molecule has 0 unspecified atom stereocenters. The van der Waals surface area contributed by atoms with E-state index < -0.39 is 0 Å². The maximum absolute atomic E-state index is 9.63. The summed E-state index contributed by atoms with van der Waals surface area (Å²) in [5, 5.41) is 60.2. The number of hydrogen-bond acceptors (Lipinski definition) is 7. The summed E-state index contributed by atoms with van der Waals surface area (Å²) >= 11 is 3.47. The average Bonchev–Trinajstić information content (AvgIpc) is 3.41. The Balaban J connectivity index is 0.000000155. The van der Waals surface area contributed by atoms with E-state index in [1.165, 1.54) is 0 Å². The van der Waals surface area contributed by atoms with Gasteiger partial charge in [0.25, 0.3) is 0 Å². The number of nitriles is 2. The summed E-state index contributed by atoms with van der Waals surface area (Å²) < 4.78 is 0.854. The van der Waals surface area contributed by atoms with Crippen molar-refractivity contribution in [3.63, 3.8) is 0 Å². The molecule has 0 bridgehead atoms. The molecule has 344 valence electrons. The molecular formula is C61H49BrN4O4. The number of benzene rings is 9. The molecule has 0 saturated heterocycles. The van der Waals surface area contributed by atoms with Crippen molar-refractivity contribution in [1.82, 2.24) is 0 Å². The van der Waals surface area contributed by atoms with Crippen molar-refractivity contribution in [1.29, 1.82) is 10.5 Å². The number of halogens is 1. The highest BCUT2D eigenvalue weighted by molar-refractivity contribution is 9.10. The molecule has 8 nitrogen and oxygen atoms in total. The summed E-state index contributed by atoms with van der Waals surface area (Å²) in [7, 11) is 0. The highest BCUT2D eigenvalue weighted by Gasteiger charge is 2.18. The molecule has 0 fully saturated rings. The van der Waals surface area contributed by atoms with Crippen molar-refractivity contribution in [3.05, 3.63) is 232 Å². The second-order valence-electron chi connectivity index (χ2n) is 16.2. The number of rotatable bonds is 9. The normalized spacial score (nSPS) is 10.7. The standard InChI is InChI=1S/C21H20N2O2.C21H17NO.C19H12BrNO/c1-2-14-12-18(15-8-10-17(24)11-9-15)20(16-6-4-3-5-7-16)19(13-14)21(22)23-25;1-2-15-12-18(14-22)21(17-6-4-3-5-7-17)20(13-15)16-8-10-19(23)11-9-16;20-16-10-15(12-21)19(14-4-2-1-3-5-14)18(11-16)13-6-8-17(22)9-7-13/h3-13,24-25H,2H2,1H3,(H2,22,23);3-13,23H,2H2,1H3;1-11,22H. The molecule has 6 N–H and O–H groups in total. The molecule has 9 rings (SSSR count). The number of aromatic hydroxyl groups is 3. The second kappa shape index (κ2) is 23.2. The van der Waals surface area contributed by atoms with Crippen molar-refractivity contribution in [2.45, 2.75) is 26.7 Å². The Hall–Kier alpha value is -8.89. The maximum Gasteiger partial charge on any atom is 0.170 e. The van der Waals surface area contributed by atoms with Gasteiger partial charge in [-0.05, 0) is 135 Å². The molecule has 0 amide bonds. The van der Waals surface area contributed by atoms with E-state index in [0.717, 1.165) is 95.2 Å². The number of phenols is 3. The zero-order chi connectivity index (χ0) is 49.6. The summed E-state index contributed by atoms with van der Waals surface area (Å²) in [5.41, 5.74) is 21.8. The van der Waals surface area contributed by atoms with Crippen LogP contribution in [0.1, 0.15) is 41.7 Å². The highest BCUT2D eigenvalue weighted by Crippen LogP contribution is 2.40. The first kappa shape index (κ1) is 49.0. The average molecular weight is 982 g/mol. The molecule has 9 aromatic carbocycles. The monoisotopic (exact) mass is 980 g/mol. The van der Waals surface area contributed by atoms with E-state index in [2.05, 4.69) is 59.2 Å². The molecule has 0 aliphatic carbocycles. The third kappa shape index (κ3) is 11.6. The molecule has 9 heteroatoms. The van der Waals surface area contributed by atoms with Gasteiger partial charge in [-0.1, -0.05) is 174 Å². The van der Waals surface area contributed by atoms with Crippen molar-refractivity contribution in [3.8, 4) is 96.1 Å². The first-order valence-corrected chi connectivity index (χ1v) is 23.3. The predicted molar refractivity (Wildman–Crippen MR) is 285 cm³/mol. The number of phenolic OH excluding ortho intramolecular Hbond substituents is 3. The zero-order valence-electron chi connectivity index (χ0n) is 38.6. The number of oxime groups is 1. The fraction of sp³-hybridized carbons (Fsp3) is 0.0656. The first-order chi connectivity index (χ1) is 34.0. The lowest BCUT2D eigenvalue weighted by Crippen LogP contribution is -2.15. The van der Waals surface area contributed by atoms with E-state index in [0.29, 0.717) is 16.7 Å². The Morgan fingerprint density at radius 1 is 0.457 bits per heavy atom. The summed E-state index contributed by atoms with van der Waals surface area (Å²) in [6.45, 7) is 4.15. The molecule has 0 atom stereocenters. The van der Waals surface area contributed by atoms with Gasteiger partial charge in [-0.25, -0.2) is 0 Å². The molecule has 0 spiro atoms. The highest BCUT2D eigenvalue weighted by atomic mass is 79.9. The quantitative estimate of drug-likeness (QED) is 0.0415. The lowest BCUT2D eigenvalue weighted by Gasteiger charge is -2.17. The Bertz CT molecular complexity index is 3330. The Morgan fingerprint density at radius 2 is 0.800 bits per heavy atom. The second-order valence-corrected chi connectivity index (χ2v) is 17.1. The van der Waals surface area contributed by atoms with Crippen molar-refractivity contribution >= 4 is 21.8 Å². The van der Waals surface area contributed by atoms with Crippen LogP contribution in [0.15, 0.2) is 210 Å². The molecule has 9 aromatic rings. The van der Waals surface area contributed by atoms with Gasteiger partial charge in [0.1, 0.15) is 17.2 Å². The van der Waals surface area contributed by atoms with Gasteiger partial charge in [0.2, 0.25) is 0 Å². The van der Waals surface area contributed by atoms with Crippen LogP contribution in [0.5, 0.6) is 17.2 Å². The topological polar surface area (TPSA) is 167 Å². The minimum atomic E-state index is 0.0779. The number of aryl methyl sites for hydroxylation is 2. The minimum Gasteiger partial charge on any atom is -0.508 e. The summed E-state index contributed by atoms with van der Waals surface area (Å²) in [5.74, 6) is 0.755. The Morgan fingerprint density at radius 3 is 1.17 bits per heavy atom. The van der Waals surface area contributed by atoms with Crippen molar-refractivity contribution in [2.75, 3.05) is 0 Å². The molecular weight excluding hydrogens is 933 g/mol. The fourth-order valence-corrected chi connectivity index (χ4v) is 8.66. The van der Waals surface area contributed by atoms with Gasteiger partial charge in [0, 0.05) is 26.7 Å². The lowest BCUT2D eigenvalue weighted by molar-refractivity contribution is 0.318. The molecule has 0 saturated carbocycles. The van der Waals surface area contributed by atoms with Crippen molar-refractivity contribution in [2.24, 2.45) is 10.9 Å². The number of amidine groups is 1. The smallest absolute Gasteiger partial charge is 0.170 e. The number of hydrogen-bond donors (Lipinski definition) is 5. The molecule has 0 radical (unpaired) electrons. The van der Waals surface area contributed by atoms with Crippen LogP contribution in [0.2, 0.25) is 0 Å². The van der Waals surface area contributed by atoms with E-state index in [4.69, 9.17) is 5.73 Å². The van der Waals surface area contributed by atoms with Gasteiger partial charge in [-0.3, -0.25) is 0 Å². The van der Waals surface area contributed by atoms with Crippen LogP contribution in [0.4, 0.5) is 0 Å². The first-order valence-electron chi connectivity index (χ1n) is 22.6. The third-order valence-corrected chi connectivity index (χ3v) is 12.1. The predicted octanol–water partition coefficient (Wildman–Crippen LogP) is 14.9. The molecule has 0 aliphatic rings. The fourth-order valence-electron chi connectivity index (χ4n) is 8.20. The molecule has 0 heterocycles. The van der Waals surface area contributed by atoms with Gasteiger partial charge in [0.05, 0.1) is 23.3 Å². The number of nitrogens with two attached hydrogens (primary N) is 1. The van der Waals surface area contributed by atoms with E-state index in [1.807, 2.05) is 152 Å². The van der Waals surface area contributed by atoms with Crippen LogP contribution in [0, 0.1) is 22.7 Å². The van der Waals surface area contributed by atoms with E-state index in [9.17, 15) is 31.1 Å². The Kier molecular flexibility index (Phi) is 16.3. The lowest BCUT2D eigenvalue weighted by atomic mass is 9.87. The van der Waals surface area contributed by atoms with Gasteiger partial charge in [-0.15, -0.1) is 0 Å². The zero-order valence-corrected chi connectivity index (χ0v) is 40.1. The van der Waals surface area contributed by atoms with Crippen LogP contribution in [-0.4, -0.2) is 26.4 Å². The molecule has 0 aromatic heterocycles. The van der Waals surface area contributed by atoms with Crippen LogP contribution >= 0.6 is 15.9 Å². The van der Waals surface area contributed by atoms with E-state index in [1.54, 1.807) is 36.4 Å². The largest absolute Gasteiger partial charge is 0.508 e. The van der Waals surface area contributed by atoms with Crippen LogP contribution in [-0.2, 0) is 12.8 Å². The Labute approximate surface area is 416 Å². The van der Waals surface area contributed by atoms with Gasteiger partial charge in [-0.2, -0.15) is 10.5 Å².